The van der Waals surface area contributed by atoms with Crippen LogP contribution in [0, 0.1) is 19.8 Å². The smallest absolute Gasteiger partial charge is 0.147 e. The number of hydrogen-bond donors (Lipinski definition) is 1. The van der Waals surface area contributed by atoms with E-state index in [2.05, 4.69) is 15.3 Å². The van der Waals surface area contributed by atoms with Crippen molar-refractivity contribution in [1.82, 2.24) is 9.97 Å². The van der Waals surface area contributed by atoms with Crippen molar-refractivity contribution in [2.45, 2.75) is 26.7 Å². The topological polar surface area (TPSA) is 47.0 Å². The van der Waals surface area contributed by atoms with Gasteiger partial charge in [-0.2, -0.15) is 0 Å². The molecular formula is C12H19N3O. The molecule has 16 heavy (non-hydrogen) atoms. The van der Waals surface area contributed by atoms with Crippen LogP contribution in [0.5, 0.6) is 0 Å². The van der Waals surface area contributed by atoms with Crippen LogP contribution in [0.2, 0.25) is 0 Å². The minimum absolute atomic E-state index is 0.742. The van der Waals surface area contributed by atoms with Gasteiger partial charge in [0.25, 0.3) is 0 Å². The number of nitrogens with zero attached hydrogens (tertiary/aromatic N) is 2. The highest BCUT2D eigenvalue weighted by molar-refractivity contribution is 5.39. The summed E-state index contributed by atoms with van der Waals surface area (Å²) in [5.41, 5.74) is 1.87. The lowest BCUT2D eigenvalue weighted by atomic mass is 10.4. The maximum Gasteiger partial charge on any atom is 0.147 e. The number of aromatic nitrogens is 2. The number of anilines is 1. The molecule has 2 rings (SSSR count). The van der Waals surface area contributed by atoms with E-state index in [9.17, 15) is 0 Å². The average Bonchev–Trinajstić information content (AvgIpc) is 3.06. The van der Waals surface area contributed by atoms with Gasteiger partial charge in [-0.25, -0.2) is 4.98 Å². The Morgan fingerprint density at radius 2 is 2.25 bits per heavy atom. The predicted molar refractivity (Wildman–Crippen MR) is 63.5 cm³/mol. The highest BCUT2D eigenvalue weighted by atomic mass is 16.5. The monoisotopic (exact) mass is 221 g/mol. The molecule has 1 N–H and O–H groups in total. The van der Waals surface area contributed by atoms with Gasteiger partial charge in [0.05, 0.1) is 18.0 Å². The van der Waals surface area contributed by atoms with Crippen LogP contribution in [0.15, 0.2) is 6.20 Å². The van der Waals surface area contributed by atoms with E-state index in [0.29, 0.717) is 0 Å². The second-order valence-corrected chi connectivity index (χ2v) is 4.39. The van der Waals surface area contributed by atoms with E-state index < -0.39 is 0 Å². The molecule has 0 amide bonds. The van der Waals surface area contributed by atoms with E-state index in [0.717, 1.165) is 42.9 Å². The van der Waals surface area contributed by atoms with Crippen LogP contribution in [0.25, 0.3) is 0 Å². The number of nitrogens with one attached hydrogen (secondary N) is 1. The Kier molecular flexibility index (Phi) is 3.72. The van der Waals surface area contributed by atoms with Gasteiger partial charge in [-0.05, 0) is 32.6 Å². The highest BCUT2D eigenvalue weighted by Gasteiger charge is 2.20. The molecule has 0 aromatic carbocycles. The highest BCUT2D eigenvalue weighted by Crippen LogP contribution is 2.28. The molecule has 0 bridgehead atoms. The van der Waals surface area contributed by atoms with Gasteiger partial charge in [-0.15, -0.1) is 0 Å². The van der Waals surface area contributed by atoms with Crippen molar-refractivity contribution in [3.8, 4) is 0 Å². The summed E-state index contributed by atoms with van der Waals surface area (Å²) in [5, 5.41) is 3.25. The molecule has 1 aliphatic carbocycles. The first-order valence-electron chi connectivity index (χ1n) is 5.87. The van der Waals surface area contributed by atoms with Crippen molar-refractivity contribution in [3.05, 3.63) is 17.6 Å². The molecule has 0 unspecified atom stereocenters. The molecule has 1 saturated carbocycles. The molecular weight excluding hydrogens is 202 g/mol. The number of hydrogen-bond acceptors (Lipinski definition) is 4. The Hall–Kier alpha value is -1.16. The van der Waals surface area contributed by atoms with Gasteiger partial charge < -0.3 is 10.1 Å². The summed E-state index contributed by atoms with van der Waals surface area (Å²) in [5.74, 6) is 1.70. The van der Waals surface area contributed by atoms with Crippen molar-refractivity contribution < 1.29 is 4.74 Å². The van der Waals surface area contributed by atoms with Crippen LogP contribution in [-0.4, -0.2) is 29.7 Å². The van der Waals surface area contributed by atoms with Gasteiger partial charge in [0, 0.05) is 19.3 Å². The van der Waals surface area contributed by atoms with Gasteiger partial charge in [-0.1, -0.05) is 0 Å². The van der Waals surface area contributed by atoms with Crippen LogP contribution in [-0.2, 0) is 4.74 Å². The SMILES string of the molecule is Cc1cnc(C)c(NCCOCC2CC2)n1. The molecule has 1 heterocycles. The summed E-state index contributed by atoms with van der Waals surface area (Å²) in [4.78, 5) is 8.64. The van der Waals surface area contributed by atoms with Crippen molar-refractivity contribution in [2.24, 2.45) is 5.92 Å². The van der Waals surface area contributed by atoms with Crippen LogP contribution < -0.4 is 5.32 Å². The molecule has 0 radical (unpaired) electrons. The second kappa shape index (κ2) is 5.25. The molecule has 1 fully saturated rings. The van der Waals surface area contributed by atoms with Crippen LogP contribution in [0.3, 0.4) is 0 Å². The van der Waals surface area contributed by atoms with Crippen molar-refractivity contribution >= 4 is 5.82 Å². The normalized spacial score (nSPS) is 15.1. The van der Waals surface area contributed by atoms with Gasteiger partial charge in [0.15, 0.2) is 0 Å². The Bertz CT molecular complexity index is 350. The summed E-state index contributed by atoms with van der Waals surface area (Å²) in [6, 6.07) is 0. The molecule has 0 spiro atoms. The van der Waals surface area contributed by atoms with Crippen LogP contribution >= 0.6 is 0 Å². The van der Waals surface area contributed by atoms with Gasteiger partial charge >= 0.3 is 0 Å². The fraction of sp³-hybridized carbons (Fsp3) is 0.667. The van der Waals surface area contributed by atoms with Crippen molar-refractivity contribution in [3.63, 3.8) is 0 Å². The van der Waals surface area contributed by atoms with Gasteiger partial charge in [-0.3, -0.25) is 4.98 Å². The third kappa shape index (κ3) is 3.45. The van der Waals surface area contributed by atoms with Crippen LogP contribution in [0.4, 0.5) is 5.82 Å². The fourth-order valence-electron chi connectivity index (χ4n) is 1.48. The zero-order chi connectivity index (χ0) is 11.4. The molecule has 4 heteroatoms. The number of ether oxygens (including phenoxy) is 1. The lowest BCUT2D eigenvalue weighted by Gasteiger charge is -2.08. The molecule has 1 aromatic rings. The van der Waals surface area contributed by atoms with E-state index in [1.54, 1.807) is 6.20 Å². The van der Waals surface area contributed by atoms with Crippen LogP contribution in [0.1, 0.15) is 24.2 Å². The molecule has 0 atom stereocenters. The van der Waals surface area contributed by atoms with Gasteiger partial charge in [0.1, 0.15) is 5.82 Å². The maximum atomic E-state index is 5.54. The second-order valence-electron chi connectivity index (χ2n) is 4.39. The fourth-order valence-corrected chi connectivity index (χ4v) is 1.48. The van der Waals surface area contributed by atoms with E-state index >= 15 is 0 Å². The zero-order valence-corrected chi connectivity index (χ0v) is 9.99. The van der Waals surface area contributed by atoms with E-state index in [4.69, 9.17) is 4.74 Å². The first kappa shape index (κ1) is 11.3. The largest absolute Gasteiger partial charge is 0.379 e. The number of aryl methyl sites for hydroxylation is 2. The molecule has 0 saturated heterocycles. The lowest BCUT2D eigenvalue weighted by molar-refractivity contribution is 0.134. The zero-order valence-electron chi connectivity index (χ0n) is 9.99. The van der Waals surface area contributed by atoms with Crippen molar-refractivity contribution in [1.29, 1.82) is 0 Å². The average molecular weight is 221 g/mol. The summed E-state index contributed by atoms with van der Waals surface area (Å²) >= 11 is 0. The van der Waals surface area contributed by atoms with E-state index in [1.165, 1.54) is 12.8 Å². The Labute approximate surface area is 96.4 Å². The molecule has 1 aromatic heterocycles. The molecule has 4 nitrogen and oxygen atoms in total. The molecule has 88 valence electrons. The standard InChI is InChI=1S/C12H19N3O/c1-9-7-14-10(2)12(15-9)13-5-6-16-8-11-3-4-11/h7,11H,3-6,8H2,1-2H3,(H,13,15). The van der Waals surface area contributed by atoms with E-state index in [-0.39, 0.29) is 0 Å². The molecule has 0 aliphatic heterocycles. The first-order valence-corrected chi connectivity index (χ1v) is 5.87. The quantitative estimate of drug-likeness (QED) is 0.746. The third-order valence-electron chi connectivity index (χ3n) is 2.67. The van der Waals surface area contributed by atoms with E-state index in [1.807, 2.05) is 13.8 Å². The molecule has 1 aliphatic rings. The summed E-state index contributed by atoms with van der Waals surface area (Å²) in [7, 11) is 0. The number of rotatable bonds is 6. The minimum atomic E-state index is 0.742. The summed E-state index contributed by atoms with van der Waals surface area (Å²) in [6.07, 6.45) is 4.47. The Balaban J connectivity index is 1.69. The lowest BCUT2D eigenvalue weighted by Crippen LogP contribution is -2.13. The summed E-state index contributed by atoms with van der Waals surface area (Å²) < 4.78 is 5.54. The third-order valence-corrected chi connectivity index (χ3v) is 2.67. The summed E-state index contributed by atoms with van der Waals surface area (Å²) in [6.45, 7) is 6.36. The van der Waals surface area contributed by atoms with Gasteiger partial charge in [0.2, 0.25) is 0 Å². The van der Waals surface area contributed by atoms with Crippen molar-refractivity contribution in [2.75, 3.05) is 25.1 Å². The Morgan fingerprint density at radius 3 is 3.00 bits per heavy atom. The first-order chi connectivity index (χ1) is 7.75. The predicted octanol–water partition coefficient (Wildman–Crippen LogP) is 1.93. The maximum absolute atomic E-state index is 5.54. The minimum Gasteiger partial charge on any atom is -0.379 e. The Morgan fingerprint density at radius 1 is 1.44 bits per heavy atom.